The summed E-state index contributed by atoms with van der Waals surface area (Å²) in [4.78, 5) is 76.9. The van der Waals surface area contributed by atoms with Crippen LogP contribution in [0, 0.1) is 0 Å². The van der Waals surface area contributed by atoms with Gasteiger partial charge in [-0.25, -0.2) is 0 Å². The standard InChI is InChI=1S/C33H50N8O8/c1-17(35)29(45)39-25(16-21-12-13-22-9-5-6-10-23(22)15-21)31(47)37-18(2)30(46)40-27(20(4)43)33(49)41-26(19(3)42)32(48)38-24(28(36)44)11-7-8-14-34/h5-6,9-10,12-13,15,17-20,24-27,42-43H,7-8,11,14,16,34-35H2,1-4H3,(H2,36,44)(H,37,47)(H,38,48)(H,39,45)(H,40,46)(H,41,49)/t17-,18+,19-,20-,24+,25-,26-,27+/m1/s1. The first-order chi connectivity index (χ1) is 23.0. The van der Waals surface area contributed by atoms with Crippen molar-refractivity contribution in [3.63, 3.8) is 0 Å². The number of fused-ring (bicyclic) bond motifs is 1. The number of unbranched alkanes of at least 4 members (excludes halogenated alkanes) is 1. The van der Waals surface area contributed by atoms with E-state index in [-0.39, 0.29) is 12.8 Å². The molecule has 0 saturated carbocycles. The Morgan fingerprint density at radius 1 is 0.673 bits per heavy atom. The van der Waals surface area contributed by atoms with E-state index in [1.165, 1.54) is 27.7 Å². The van der Waals surface area contributed by atoms with Crippen LogP contribution in [0.25, 0.3) is 10.8 Å². The molecule has 2 aromatic rings. The van der Waals surface area contributed by atoms with Crippen LogP contribution in [0.1, 0.15) is 52.5 Å². The summed E-state index contributed by atoms with van der Waals surface area (Å²) in [5.74, 6) is -4.92. The van der Waals surface area contributed by atoms with Crippen LogP contribution >= 0.6 is 0 Å². The van der Waals surface area contributed by atoms with E-state index in [4.69, 9.17) is 17.2 Å². The fraction of sp³-hybridized carbons (Fsp3) is 0.515. The molecule has 0 saturated heterocycles. The number of hydrogen-bond donors (Lipinski definition) is 10. The minimum Gasteiger partial charge on any atom is -0.391 e. The molecule has 16 nitrogen and oxygen atoms in total. The summed E-state index contributed by atoms with van der Waals surface area (Å²) < 4.78 is 0. The van der Waals surface area contributed by atoms with Crippen LogP contribution in [0.3, 0.4) is 0 Å². The van der Waals surface area contributed by atoms with E-state index in [9.17, 15) is 39.0 Å². The Labute approximate surface area is 285 Å². The average molecular weight is 687 g/mol. The van der Waals surface area contributed by atoms with Gasteiger partial charge in [0, 0.05) is 6.42 Å². The Morgan fingerprint density at radius 2 is 1.22 bits per heavy atom. The Hall–Kier alpha value is -4.64. The summed E-state index contributed by atoms with van der Waals surface area (Å²) in [6.45, 7) is 5.62. The summed E-state index contributed by atoms with van der Waals surface area (Å²) in [7, 11) is 0. The summed E-state index contributed by atoms with van der Waals surface area (Å²) in [5.41, 5.74) is 17.3. The lowest BCUT2D eigenvalue weighted by Gasteiger charge is -2.28. The highest BCUT2D eigenvalue weighted by Crippen LogP contribution is 2.17. The smallest absolute Gasteiger partial charge is 0.245 e. The molecule has 0 bridgehead atoms. The second kappa shape index (κ2) is 19.4. The number of amides is 6. The van der Waals surface area contributed by atoms with E-state index in [0.29, 0.717) is 19.4 Å². The van der Waals surface area contributed by atoms with Gasteiger partial charge in [-0.3, -0.25) is 28.8 Å². The normalized spacial score (nSPS) is 16.1. The first-order valence-electron chi connectivity index (χ1n) is 16.2. The molecule has 0 aliphatic carbocycles. The molecule has 13 N–H and O–H groups in total. The van der Waals surface area contributed by atoms with E-state index in [1.807, 2.05) is 42.5 Å². The fourth-order valence-electron chi connectivity index (χ4n) is 4.87. The van der Waals surface area contributed by atoms with Crippen LogP contribution < -0.4 is 43.8 Å². The molecule has 0 aliphatic heterocycles. The van der Waals surface area contributed by atoms with Crippen LogP contribution in [-0.2, 0) is 35.2 Å². The first-order valence-corrected chi connectivity index (χ1v) is 16.2. The van der Waals surface area contributed by atoms with E-state index < -0.39 is 83.9 Å². The molecule has 8 atom stereocenters. The lowest BCUT2D eigenvalue weighted by atomic mass is 10.0. The molecular weight excluding hydrogens is 636 g/mol. The van der Waals surface area contributed by atoms with E-state index in [1.54, 1.807) is 0 Å². The molecule has 0 heterocycles. The van der Waals surface area contributed by atoms with E-state index in [2.05, 4.69) is 26.6 Å². The number of rotatable bonds is 19. The minimum absolute atomic E-state index is 0.0780. The van der Waals surface area contributed by atoms with Crippen LogP contribution in [0.5, 0.6) is 0 Å². The van der Waals surface area contributed by atoms with Crippen LogP contribution in [-0.4, -0.2) is 101 Å². The zero-order valence-electron chi connectivity index (χ0n) is 28.3. The van der Waals surface area contributed by atoms with Crippen molar-refractivity contribution in [3.05, 3.63) is 48.0 Å². The zero-order valence-corrected chi connectivity index (χ0v) is 28.3. The quantitative estimate of drug-likeness (QED) is 0.0696. The molecule has 2 rings (SSSR count). The molecule has 0 unspecified atom stereocenters. The zero-order chi connectivity index (χ0) is 36.8. The van der Waals surface area contributed by atoms with Crippen molar-refractivity contribution in [3.8, 4) is 0 Å². The van der Waals surface area contributed by atoms with Crippen molar-refractivity contribution in [1.82, 2.24) is 26.6 Å². The predicted octanol–water partition coefficient (Wildman–Crippen LogP) is -2.45. The number of carbonyl (C=O) groups excluding carboxylic acids is 6. The van der Waals surface area contributed by atoms with Gasteiger partial charge >= 0.3 is 0 Å². The highest BCUT2D eigenvalue weighted by molar-refractivity contribution is 5.97. The lowest BCUT2D eigenvalue weighted by Crippen LogP contribution is -2.62. The van der Waals surface area contributed by atoms with Gasteiger partial charge in [-0.2, -0.15) is 0 Å². The molecular formula is C33H50N8O8. The van der Waals surface area contributed by atoms with Gasteiger partial charge in [0.05, 0.1) is 18.2 Å². The van der Waals surface area contributed by atoms with Crippen molar-refractivity contribution in [2.45, 2.75) is 102 Å². The third-order valence-electron chi connectivity index (χ3n) is 7.78. The Kier molecular flexibility index (Phi) is 16.0. The molecule has 270 valence electrons. The highest BCUT2D eigenvalue weighted by atomic mass is 16.3. The Balaban J connectivity index is 2.14. The topological polar surface area (TPSA) is 281 Å². The SMILES string of the molecule is C[C@H](NC(=O)[C@@H](Cc1ccc2ccccc2c1)NC(=O)[C@@H](C)N)C(=O)N[C@H](C(=O)N[C@@H](C(=O)N[C@@H](CCCCN)C(N)=O)[C@@H](C)O)[C@@H](C)O. The molecule has 2 aromatic carbocycles. The van der Waals surface area contributed by atoms with Crippen molar-refractivity contribution < 1.29 is 39.0 Å². The van der Waals surface area contributed by atoms with Crippen LogP contribution in [0.4, 0.5) is 0 Å². The van der Waals surface area contributed by atoms with Gasteiger partial charge in [0.1, 0.15) is 30.2 Å². The maximum Gasteiger partial charge on any atom is 0.245 e. The number of carbonyl (C=O) groups is 6. The van der Waals surface area contributed by atoms with Gasteiger partial charge in [-0.1, -0.05) is 42.5 Å². The lowest BCUT2D eigenvalue weighted by molar-refractivity contribution is -0.137. The van der Waals surface area contributed by atoms with Gasteiger partial charge < -0.3 is 54.0 Å². The maximum absolute atomic E-state index is 13.4. The van der Waals surface area contributed by atoms with Crippen LogP contribution in [0.2, 0.25) is 0 Å². The number of aliphatic hydroxyl groups is 2. The predicted molar refractivity (Wildman–Crippen MR) is 182 cm³/mol. The largest absolute Gasteiger partial charge is 0.391 e. The number of hydrogen-bond acceptors (Lipinski definition) is 10. The first kappa shape index (κ1) is 40.5. The second-order valence-electron chi connectivity index (χ2n) is 12.2. The van der Waals surface area contributed by atoms with Gasteiger partial charge in [0.2, 0.25) is 35.4 Å². The van der Waals surface area contributed by atoms with Crippen molar-refractivity contribution in [1.29, 1.82) is 0 Å². The number of nitrogens with two attached hydrogens (primary N) is 3. The highest BCUT2D eigenvalue weighted by Gasteiger charge is 2.34. The number of benzene rings is 2. The maximum atomic E-state index is 13.4. The monoisotopic (exact) mass is 686 g/mol. The van der Waals surface area contributed by atoms with Gasteiger partial charge in [-0.05, 0) is 69.8 Å². The number of nitrogens with one attached hydrogen (secondary N) is 5. The summed E-state index contributed by atoms with van der Waals surface area (Å²) in [5, 5.41) is 34.7. The second-order valence-corrected chi connectivity index (χ2v) is 12.2. The molecule has 49 heavy (non-hydrogen) atoms. The Morgan fingerprint density at radius 3 is 1.78 bits per heavy atom. The molecule has 6 amide bonds. The average Bonchev–Trinajstić information content (AvgIpc) is 3.04. The van der Waals surface area contributed by atoms with Gasteiger partial charge in [-0.15, -0.1) is 0 Å². The summed E-state index contributed by atoms with van der Waals surface area (Å²) in [6, 6.07) is 5.63. The van der Waals surface area contributed by atoms with Crippen molar-refractivity contribution in [2.24, 2.45) is 17.2 Å². The molecule has 16 heteroatoms. The molecule has 0 spiro atoms. The molecule has 0 aromatic heterocycles. The van der Waals surface area contributed by atoms with E-state index >= 15 is 0 Å². The molecule has 0 fully saturated rings. The van der Waals surface area contributed by atoms with E-state index in [0.717, 1.165) is 16.3 Å². The summed E-state index contributed by atoms with van der Waals surface area (Å²) >= 11 is 0. The number of primary amides is 1. The third kappa shape index (κ3) is 12.7. The Bertz CT molecular complexity index is 1470. The molecule has 0 radical (unpaired) electrons. The fourth-order valence-corrected chi connectivity index (χ4v) is 4.87. The van der Waals surface area contributed by atoms with Crippen LogP contribution in [0.15, 0.2) is 42.5 Å². The number of aliphatic hydroxyl groups excluding tert-OH is 2. The third-order valence-corrected chi connectivity index (χ3v) is 7.78. The van der Waals surface area contributed by atoms with Crippen molar-refractivity contribution >= 4 is 46.2 Å². The minimum atomic E-state index is -1.62. The molecule has 0 aliphatic rings. The van der Waals surface area contributed by atoms with Gasteiger partial charge in [0.25, 0.3) is 0 Å². The summed E-state index contributed by atoms with van der Waals surface area (Å²) in [6.07, 6.45) is -1.59. The van der Waals surface area contributed by atoms with Gasteiger partial charge in [0.15, 0.2) is 0 Å². The van der Waals surface area contributed by atoms with Crippen molar-refractivity contribution in [2.75, 3.05) is 6.54 Å².